The van der Waals surface area contributed by atoms with E-state index in [-0.39, 0.29) is 17.7 Å². The molecule has 2 aromatic carbocycles. The predicted molar refractivity (Wildman–Crippen MR) is 121 cm³/mol. The van der Waals surface area contributed by atoms with E-state index in [1.807, 2.05) is 30.3 Å². The molecule has 1 aliphatic carbocycles. The standard InChI is InChI=1S/C24H24N6O2/c25-15-20-21(29-30(22(20)26)19-5-2-1-3-6-19)7-4-14-27-23(31)16-10-12-18(13-11-16)28-24(32)17-8-9-17/h1-3,5-6,10-13,17H,4,7-9,14,26H2,(H,27,31)(H,28,32). The van der Waals surface area contributed by atoms with E-state index in [2.05, 4.69) is 21.8 Å². The molecule has 0 saturated heterocycles. The Kier molecular flexibility index (Phi) is 6.17. The molecule has 1 saturated carbocycles. The lowest BCUT2D eigenvalue weighted by atomic mass is 10.1. The fourth-order valence-electron chi connectivity index (χ4n) is 3.40. The van der Waals surface area contributed by atoms with Crippen LogP contribution >= 0.6 is 0 Å². The number of carbonyl (C=O) groups excluding carboxylic acids is 2. The Morgan fingerprint density at radius 1 is 1.12 bits per heavy atom. The molecular formula is C24H24N6O2. The van der Waals surface area contributed by atoms with Crippen molar-refractivity contribution in [2.24, 2.45) is 5.92 Å². The SMILES string of the molecule is N#Cc1c(CCCNC(=O)c2ccc(NC(=O)C3CC3)cc2)nn(-c2ccccc2)c1N. The third-order valence-electron chi connectivity index (χ3n) is 5.34. The van der Waals surface area contributed by atoms with E-state index in [1.165, 1.54) is 0 Å². The zero-order chi connectivity index (χ0) is 22.5. The lowest BCUT2D eigenvalue weighted by molar-refractivity contribution is -0.117. The van der Waals surface area contributed by atoms with Gasteiger partial charge < -0.3 is 16.4 Å². The minimum Gasteiger partial charge on any atom is -0.382 e. The van der Waals surface area contributed by atoms with Gasteiger partial charge in [-0.1, -0.05) is 18.2 Å². The van der Waals surface area contributed by atoms with Gasteiger partial charge in [-0.05, 0) is 62.1 Å². The molecule has 162 valence electrons. The highest BCUT2D eigenvalue weighted by Gasteiger charge is 2.29. The third kappa shape index (κ3) is 4.78. The van der Waals surface area contributed by atoms with Crippen molar-refractivity contribution in [2.75, 3.05) is 17.6 Å². The second kappa shape index (κ2) is 9.35. The van der Waals surface area contributed by atoms with Crippen molar-refractivity contribution in [3.05, 3.63) is 71.4 Å². The first-order valence-corrected chi connectivity index (χ1v) is 10.6. The Morgan fingerprint density at radius 3 is 2.50 bits per heavy atom. The van der Waals surface area contributed by atoms with Crippen LogP contribution < -0.4 is 16.4 Å². The van der Waals surface area contributed by atoms with Crippen LogP contribution in [0, 0.1) is 17.2 Å². The minimum absolute atomic E-state index is 0.0364. The number of nitrogens with one attached hydrogen (secondary N) is 2. The fourth-order valence-corrected chi connectivity index (χ4v) is 3.40. The van der Waals surface area contributed by atoms with E-state index in [1.54, 1.807) is 28.9 Å². The number of anilines is 2. The van der Waals surface area contributed by atoms with Crippen molar-refractivity contribution in [1.29, 1.82) is 5.26 Å². The Hall–Kier alpha value is -4.12. The second-order valence-electron chi connectivity index (χ2n) is 7.77. The predicted octanol–water partition coefficient (Wildman–Crippen LogP) is 3.04. The molecule has 3 aromatic rings. The quantitative estimate of drug-likeness (QED) is 0.476. The van der Waals surface area contributed by atoms with Crippen LogP contribution in [-0.4, -0.2) is 28.1 Å². The zero-order valence-corrected chi connectivity index (χ0v) is 17.5. The van der Waals surface area contributed by atoms with Crippen molar-refractivity contribution in [2.45, 2.75) is 25.7 Å². The second-order valence-corrected chi connectivity index (χ2v) is 7.77. The van der Waals surface area contributed by atoms with Crippen molar-refractivity contribution >= 4 is 23.3 Å². The summed E-state index contributed by atoms with van der Waals surface area (Å²) in [6.07, 6.45) is 3.02. The van der Waals surface area contributed by atoms with E-state index in [0.717, 1.165) is 18.5 Å². The maximum absolute atomic E-state index is 12.4. The molecule has 1 aliphatic rings. The number of aryl methyl sites for hydroxylation is 1. The molecule has 0 unspecified atom stereocenters. The van der Waals surface area contributed by atoms with Gasteiger partial charge in [-0.15, -0.1) is 0 Å². The maximum atomic E-state index is 12.4. The molecule has 0 radical (unpaired) electrons. The number of nitrogens with zero attached hydrogens (tertiary/aromatic N) is 3. The summed E-state index contributed by atoms with van der Waals surface area (Å²) in [5, 5.41) is 19.7. The highest BCUT2D eigenvalue weighted by Crippen LogP contribution is 2.30. The van der Waals surface area contributed by atoms with Gasteiger partial charge in [-0.3, -0.25) is 9.59 Å². The molecule has 1 aromatic heterocycles. The number of benzene rings is 2. The largest absolute Gasteiger partial charge is 0.382 e. The normalized spacial score (nSPS) is 12.7. The smallest absolute Gasteiger partial charge is 0.251 e. The summed E-state index contributed by atoms with van der Waals surface area (Å²) in [5.41, 5.74) is 9.09. The number of rotatable bonds is 8. The van der Waals surface area contributed by atoms with Crippen molar-refractivity contribution < 1.29 is 9.59 Å². The number of hydrogen-bond donors (Lipinski definition) is 3. The van der Waals surface area contributed by atoms with Gasteiger partial charge in [0.05, 0.1) is 11.4 Å². The average molecular weight is 428 g/mol. The summed E-state index contributed by atoms with van der Waals surface area (Å²) in [6, 6.07) is 18.4. The van der Waals surface area contributed by atoms with Crippen LogP contribution in [0.15, 0.2) is 54.6 Å². The van der Waals surface area contributed by atoms with Crippen LogP contribution in [0.2, 0.25) is 0 Å². The number of nitrogen functional groups attached to an aromatic ring is 1. The Labute approximate surface area is 186 Å². The summed E-state index contributed by atoms with van der Waals surface area (Å²) < 4.78 is 1.57. The number of aromatic nitrogens is 2. The van der Waals surface area contributed by atoms with Gasteiger partial charge in [-0.25, -0.2) is 4.68 Å². The van der Waals surface area contributed by atoms with Crippen LogP contribution in [0.5, 0.6) is 0 Å². The Balaban J connectivity index is 1.30. The summed E-state index contributed by atoms with van der Waals surface area (Å²) in [4.78, 5) is 24.2. The van der Waals surface area contributed by atoms with Crippen LogP contribution in [0.25, 0.3) is 5.69 Å². The van der Waals surface area contributed by atoms with Crippen LogP contribution in [0.4, 0.5) is 11.5 Å². The number of nitriles is 1. The summed E-state index contributed by atoms with van der Waals surface area (Å²) in [6.45, 7) is 0.433. The summed E-state index contributed by atoms with van der Waals surface area (Å²) in [5.74, 6) is 0.287. The molecular weight excluding hydrogens is 404 g/mol. The van der Waals surface area contributed by atoms with Crippen molar-refractivity contribution in [1.82, 2.24) is 15.1 Å². The van der Waals surface area contributed by atoms with E-state index in [4.69, 9.17) is 5.73 Å². The van der Waals surface area contributed by atoms with E-state index >= 15 is 0 Å². The molecule has 1 fully saturated rings. The molecule has 0 atom stereocenters. The summed E-state index contributed by atoms with van der Waals surface area (Å²) in [7, 11) is 0. The van der Waals surface area contributed by atoms with Gasteiger partial charge in [-0.2, -0.15) is 10.4 Å². The highest BCUT2D eigenvalue weighted by molar-refractivity contribution is 5.96. The van der Waals surface area contributed by atoms with Gasteiger partial charge in [0.25, 0.3) is 5.91 Å². The van der Waals surface area contributed by atoms with E-state index < -0.39 is 0 Å². The number of amides is 2. The van der Waals surface area contributed by atoms with Gasteiger partial charge in [0.15, 0.2) is 0 Å². The first-order chi connectivity index (χ1) is 15.6. The van der Waals surface area contributed by atoms with Crippen LogP contribution in [0.3, 0.4) is 0 Å². The Bertz CT molecular complexity index is 1160. The molecule has 0 aliphatic heterocycles. The molecule has 8 nitrogen and oxygen atoms in total. The van der Waals surface area contributed by atoms with Crippen LogP contribution in [0.1, 0.15) is 40.9 Å². The van der Waals surface area contributed by atoms with Crippen molar-refractivity contribution in [3.8, 4) is 11.8 Å². The zero-order valence-electron chi connectivity index (χ0n) is 17.5. The number of para-hydroxylation sites is 1. The fraction of sp³-hybridized carbons (Fsp3) is 0.250. The van der Waals surface area contributed by atoms with E-state index in [0.29, 0.717) is 47.7 Å². The first-order valence-electron chi connectivity index (χ1n) is 10.6. The average Bonchev–Trinajstić information content (AvgIpc) is 3.62. The number of hydrogen-bond acceptors (Lipinski definition) is 5. The van der Waals surface area contributed by atoms with Gasteiger partial charge >= 0.3 is 0 Å². The molecule has 2 amide bonds. The molecule has 4 N–H and O–H groups in total. The van der Waals surface area contributed by atoms with E-state index in [9.17, 15) is 14.9 Å². The molecule has 8 heteroatoms. The maximum Gasteiger partial charge on any atom is 0.251 e. The molecule has 0 bridgehead atoms. The number of nitrogens with two attached hydrogens (primary N) is 1. The minimum atomic E-state index is -0.195. The molecule has 0 spiro atoms. The van der Waals surface area contributed by atoms with Gasteiger partial charge in [0.1, 0.15) is 17.5 Å². The van der Waals surface area contributed by atoms with Crippen molar-refractivity contribution in [3.63, 3.8) is 0 Å². The number of carbonyl (C=O) groups is 2. The highest BCUT2D eigenvalue weighted by atomic mass is 16.2. The summed E-state index contributed by atoms with van der Waals surface area (Å²) >= 11 is 0. The van der Waals surface area contributed by atoms with Gasteiger partial charge in [0, 0.05) is 23.7 Å². The lowest BCUT2D eigenvalue weighted by Gasteiger charge is -2.07. The Morgan fingerprint density at radius 2 is 1.84 bits per heavy atom. The lowest BCUT2D eigenvalue weighted by Crippen LogP contribution is -2.24. The monoisotopic (exact) mass is 428 g/mol. The first kappa shape index (κ1) is 21.1. The third-order valence-corrected chi connectivity index (χ3v) is 5.34. The molecule has 4 rings (SSSR count). The van der Waals surface area contributed by atoms with Gasteiger partial charge in [0.2, 0.25) is 5.91 Å². The molecule has 1 heterocycles. The molecule has 32 heavy (non-hydrogen) atoms. The van der Waals surface area contributed by atoms with Crippen LogP contribution in [-0.2, 0) is 11.2 Å². The topological polar surface area (TPSA) is 126 Å².